The normalized spacial score (nSPS) is 17.9. The van der Waals surface area contributed by atoms with Gasteiger partial charge in [0, 0.05) is 27.7 Å². The van der Waals surface area contributed by atoms with E-state index in [2.05, 4.69) is 22.0 Å². The molecule has 2 N–H and O–H groups in total. The van der Waals surface area contributed by atoms with Crippen molar-refractivity contribution in [2.45, 2.75) is 32.1 Å². The second-order valence-electron chi connectivity index (χ2n) is 8.17. The van der Waals surface area contributed by atoms with Crippen LogP contribution in [-0.4, -0.2) is 27.1 Å². The number of hydrogen-bond donors (Lipinski definition) is 1. The fourth-order valence-electron chi connectivity index (χ4n) is 4.89. The zero-order valence-electron chi connectivity index (χ0n) is 19.6. The number of nitrogens with two attached hydrogens (primary N) is 1. The minimum absolute atomic E-state index is 0.00287. The molecule has 2 aliphatic rings. The van der Waals surface area contributed by atoms with E-state index in [1.54, 1.807) is 13.2 Å². The SMILES string of the molecule is COc1ccc(C2C(C#N)=C(N)N(c3ccc(Br)cc3C)C3=C2C(=O)CCC3)c(OC)c1OC. The molecule has 34 heavy (non-hydrogen) atoms. The van der Waals surface area contributed by atoms with Crippen molar-refractivity contribution in [2.24, 2.45) is 5.73 Å². The summed E-state index contributed by atoms with van der Waals surface area (Å²) in [6.07, 6.45) is 1.80. The summed E-state index contributed by atoms with van der Waals surface area (Å²) in [4.78, 5) is 15.3. The van der Waals surface area contributed by atoms with Gasteiger partial charge in [0.1, 0.15) is 5.82 Å². The maximum atomic E-state index is 13.4. The van der Waals surface area contributed by atoms with E-state index in [0.29, 0.717) is 59.0 Å². The van der Waals surface area contributed by atoms with E-state index in [-0.39, 0.29) is 5.78 Å². The Balaban J connectivity index is 2.03. The van der Waals surface area contributed by atoms with Gasteiger partial charge in [-0.2, -0.15) is 5.26 Å². The van der Waals surface area contributed by atoms with Crippen molar-refractivity contribution < 1.29 is 19.0 Å². The van der Waals surface area contributed by atoms with Gasteiger partial charge in [0.25, 0.3) is 0 Å². The first-order valence-corrected chi connectivity index (χ1v) is 11.7. The number of aryl methyl sites for hydroxylation is 1. The van der Waals surface area contributed by atoms with E-state index in [4.69, 9.17) is 19.9 Å². The minimum Gasteiger partial charge on any atom is -0.493 e. The van der Waals surface area contributed by atoms with E-state index < -0.39 is 5.92 Å². The number of anilines is 1. The van der Waals surface area contributed by atoms with Gasteiger partial charge in [0.2, 0.25) is 5.75 Å². The van der Waals surface area contributed by atoms with Crippen LogP contribution in [0.25, 0.3) is 0 Å². The molecule has 8 heteroatoms. The number of halogens is 1. The first-order valence-electron chi connectivity index (χ1n) is 10.9. The van der Waals surface area contributed by atoms with Gasteiger partial charge in [-0.3, -0.25) is 9.69 Å². The molecule has 2 aromatic rings. The molecule has 1 atom stereocenters. The Morgan fingerprint density at radius 3 is 2.44 bits per heavy atom. The standard InChI is InChI=1S/C26H26BrN3O4/c1-14-12-15(27)8-10-18(14)30-19-6-5-7-20(31)23(19)22(17(13-28)26(30)29)16-9-11-21(32-2)25(34-4)24(16)33-3/h8-12,22H,5-7,29H2,1-4H3. The number of rotatable bonds is 5. The highest BCUT2D eigenvalue weighted by atomic mass is 79.9. The van der Waals surface area contributed by atoms with Crippen LogP contribution < -0.4 is 24.8 Å². The third-order valence-electron chi connectivity index (χ3n) is 6.36. The van der Waals surface area contributed by atoms with Gasteiger partial charge in [0.05, 0.1) is 44.6 Å². The molecule has 0 radical (unpaired) electrons. The predicted molar refractivity (Wildman–Crippen MR) is 133 cm³/mol. The lowest BCUT2D eigenvalue weighted by Gasteiger charge is -2.40. The van der Waals surface area contributed by atoms with Gasteiger partial charge in [-0.05, 0) is 49.6 Å². The third-order valence-corrected chi connectivity index (χ3v) is 6.85. The Morgan fingerprint density at radius 1 is 1.09 bits per heavy atom. The number of benzene rings is 2. The van der Waals surface area contributed by atoms with Crippen LogP contribution in [0, 0.1) is 18.3 Å². The smallest absolute Gasteiger partial charge is 0.203 e. The summed E-state index contributed by atoms with van der Waals surface area (Å²) in [5.41, 5.74) is 10.8. The van der Waals surface area contributed by atoms with Crippen LogP contribution >= 0.6 is 15.9 Å². The molecular weight excluding hydrogens is 498 g/mol. The lowest BCUT2D eigenvalue weighted by Crippen LogP contribution is -2.39. The number of nitrogens with zero attached hydrogens (tertiary/aromatic N) is 2. The van der Waals surface area contributed by atoms with Gasteiger partial charge in [-0.15, -0.1) is 0 Å². The summed E-state index contributed by atoms with van der Waals surface area (Å²) in [6.45, 7) is 1.98. The van der Waals surface area contributed by atoms with Gasteiger partial charge < -0.3 is 19.9 Å². The number of allylic oxidation sites excluding steroid dienone is 3. The van der Waals surface area contributed by atoms with Gasteiger partial charge in [-0.25, -0.2) is 0 Å². The zero-order chi connectivity index (χ0) is 24.6. The summed E-state index contributed by atoms with van der Waals surface area (Å²) in [6, 6.07) is 11.7. The molecule has 0 aromatic heterocycles. The average molecular weight is 524 g/mol. The summed E-state index contributed by atoms with van der Waals surface area (Å²) < 4.78 is 17.7. The Labute approximate surface area is 207 Å². The van der Waals surface area contributed by atoms with Crippen molar-refractivity contribution >= 4 is 27.4 Å². The minimum atomic E-state index is -0.672. The first-order chi connectivity index (χ1) is 16.4. The van der Waals surface area contributed by atoms with E-state index in [0.717, 1.165) is 21.4 Å². The number of Topliss-reactive ketones (excluding diaryl/α,β-unsaturated/α-hetero) is 1. The molecule has 4 rings (SSSR count). The zero-order valence-corrected chi connectivity index (χ0v) is 21.2. The summed E-state index contributed by atoms with van der Waals surface area (Å²) in [5.74, 6) is 0.937. The van der Waals surface area contributed by atoms with E-state index in [1.165, 1.54) is 14.2 Å². The third kappa shape index (κ3) is 3.70. The molecule has 0 bridgehead atoms. The number of carbonyl (C=O) groups excluding carboxylic acids is 1. The summed E-state index contributed by atoms with van der Waals surface area (Å²) >= 11 is 3.50. The molecule has 176 valence electrons. The molecule has 0 spiro atoms. The van der Waals surface area contributed by atoms with Crippen LogP contribution in [0.5, 0.6) is 17.2 Å². The molecule has 0 saturated heterocycles. The maximum Gasteiger partial charge on any atom is 0.203 e. The Bertz CT molecular complexity index is 1280. The fourth-order valence-corrected chi connectivity index (χ4v) is 5.37. The summed E-state index contributed by atoms with van der Waals surface area (Å²) in [5, 5.41) is 10.3. The Morgan fingerprint density at radius 2 is 1.82 bits per heavy atom. The number of ketones is 1. The van der Waals surface area contributed by atoms with E-state index in [9.17, 15) is 10.1 Å². The number of nitriles is 1. The molecule has 1 heterocycles. The molecule has 1 aliphatic heterocycles. The molecule has 0 fully saturated rings. The Hall–Kier alpha value is -3.44. The number of carbonyl (C=O) groups is 1. The topological polar surface area (TPSA) is 97.8 Å². The maximum absolute atomic E-state index is 13.4. The van der Waals surface area contributed by atoms with Crippen molar-refractivity contribution in [3.63, 3.8) is 0 Å². The highest BCUT2D eigenvalue weighted by Crippen LogP contribution is 2.51. The van der Waals surface area contributed by atoms with Crippen LogP contribution in [-0.2, 0) is 4.79 Å². The average Bonchev–Trinajstić information content (AvgIpc) is 2.83. The van der Waals surface area contributed by atoms with Crippen LogP contribution in [0.1, 0.15) is 36.3 Å². The fraction of sp³-hybridized carbons (Fsp3) is 0.308. The molecular formula is C26H26BrN3O4. The number of hydrogen-bond acceptors (Lipinski definition) is 7. The van der Waals surface area contributed by atoms with Crippen molar-refractivity contribution in [3.05, 3.63) is 68.6 Å². The monoisotopic (exact) mass is 523 g/mol. The molecule has 0 amide bonds. The second-order valence-corrected chi connectivity index (χ2v) is 9.09. The molecule has 2 aromatic carbocycles. The van der Waals surface area contributed by atoms with Crippen molar-refractivity contribution in [1.82, 2.24) is 0 Å². The van der Waals surface area contributed by atoms with Gasteiger partial charge >= 0.3 is 0 Å². The Kier molecular flexibility index (Phi) is 6.58. The number of methoxy groups -OCH3 is 3. The van der Waals surface area contributed by atoms with Crippen molar-refractivity contribution in [1.29, 1.82) is 5.26 Å². The summed E-state index contributed by atoms with van der Waals surface area (Å²) in [7, 11) is 4.59. The largest absolute Gasteiger partial charge is 0.493 e. The molecule has 1 aliphatic carbocycles. The second kappa shape index (κ2) is 9.43. The van der Waals surface area contributed by atoms with E-state index in [1.807, 2.05) is 36.1 Å². The molecule has 0 saturated carbocycles. The van der Waals surface area contributed by atoms with Crippen molar-refractivity contribution in [2.75, 3.05) is 26.2 Å². The first kappa shape index (κ1) is 23.7. The highest BCUT2D eigenvalue weighted by molar-refractivity contribution is 9.10. The molecule has 7 nitrogen and oxygen atoms in total. The van der Waals surface area contributed by atoms with Crippen LogP contribution in [0.15, 0.2) is 57.5 Å². The van der Waals surface area contributed by atoms with E-state index >= 15 is 0 Å². The van der Waals surface area contributed by atoms with Gasteiger partial charge in [-0.1, -0.05) is 22.0 Å². The van der Waals surface area contributed by atoms with Gasteiger partial charge in [0.15, 0.2) is 17.3 Å². The van der Waals surface area contributed by atoms with Crippen LogP contribution in [0.3, 0.4) is 0 Å². The van der Waals surface area contributed by atoms with Crippen LogP contribution in [0.2, 0.25) is 0 Å². The van der Waals surface area contributed by atoms with Crippen molar-refractivity contribution in [3.8, 4) is 23.3 Å². The predicted octanol–water partition coefficient (Wildman–Crippen LogP) is 5.09. The van der Waals surface area contributed by atoms with Crippen LogP contribution in [0.4, 0.5) is 5.69 Å². The lowest BCUT2D eigenvalue weighted by molar-refractivity contribution is -0.116. The highest BCUT2D eigenvalue weighted by Gasteiger charge is 2.42. The molecule has 1 unspecified atom stereocenters. The number of ether oxygens (including phenoxy) is 3. The lowest BCUT2D eigenvalue weighted by atomic mass is 9.75. The quantitative estimate of drug-likeness (QED) is 0.582.